The summed E-state index contributed by atoms with van der Waals surface area (Å²) < 4.78 is 6.80. The topological polar surface area (TPSA) is 90.3 Å². The van der Waals surface area contributed by atoms with Gasteiger partial charge in [0.25, 0.3) is 5.91 Å². The number of nitrogens with zero attached hydrogens (tertiary/aromatic N) is 2. The number of hydrogen-bond donors (Lipinski definition) is 1. The number of aryl methyl sites for hydroxylation is 3. The highest BCUT2D eigenvalue weighted by atomic mass is 16.5. The SMILES string of the molecule is CCn1cc(C(=O)OCC(=O)NCCCc2ccccc2)c(=O)c2ccc(C)nc21. The predicted octanol–water partition coefficient (Wildman–Crippen LogP) is 2.63. The molecule has 0 aliphatic rings. The Morgan fingerprint density at radius 3 is 2.63 bits per heavy atom. The maximum absolute atomic E-state index is 12.7. The second kappa shape index (κ2) is 9.82. The lowest BCUT2D eigenvalue weighted by molar-refractivity contribution is -0.124. The molecule has 3 rings (SSSR count). The Morgan fingerprint density at radius 2 is 1.90 bits per heavy atom. The van der Waals surface area contributed by atoms with Crippen molar-refractivity contribution in [1.82, 2.24) is 14.9 Å². The van der Waals surface area contributed by atoms with Crippen molar-refractivity contribution in [3.05, 3.63) is 75.7 Å². The highest BCUT2D eigenvalue weighted by Crippen LogP contribution is 2.11. The zero-order chi connectivity index (χ0) is 21.5. The van der Waals surface area contributed by atoms with E-state index >= 15 is 0 Å². The summed E-state index contributed by atoms with van der Waals surface area (Å²) >= 11 is 0. The van der Waals surface area contributed by atoms with Gasteiger partial charge in [-0.2, -0.15) is 0 Å². The average Bonchev–Trinajstić information content (AvgIpc) is 2.76. The minimum atomic E-state index is -0.816. The van der Waals surface area contributed by atoms with Crippen LogP contribution in [0.4, 0.5) is 0 Å². The van der Waals surface area contributed by atoms with Gasteiger partial charge in [0.2, 0.25) is 5.43 Å². The minimum Gasteiger partial charge on any atom is -0.452 e. The molecule has 1 aromatic carbocycles. The molecule has 1 N–H and O–H groups in total. The Bertz CT molecular complexity index is 1110. The van der Waals surface area contributed by atoms with Gasteiger partial charge in [-0.05, 0) is 44.4 Å². The molecule has 7 heteroatoms. The maximum Gasteiger partial charge on any atom is 0.344 e. The van der Waals surface area contributed by atoms with Crippen molar-refractivity contribution in [3.63, 3.8) is 0 Å². The van der Waals surface area contributed by atoms with E-state index < -0.39 is 23.9 Å². The van der Waals surface area contributed by atoms with E-state index in [9.17, 15) is 14.4 Å². The number of esters is 1. The number of benzene rings is 1. The van der Waals surface area contributed by atoms with Gasteiger partial charge in [-0.15, -0.1) is 0 Å². The van der Waals surface area contributed by atoms with Crippen LogP contribution in [0.3, 0.4) is 0 Å². The van der Waals surface area contributed by atoms with Crippen molar-refractivity contribution >= 4 is 22.9 Å². The van der Waals surface area contributed by atoms with E-state index in [1.807, 2.05) is 44.2 Å². The second-order valence-corrected chi connectivity index (χ2v) is 7.00. The first kappa shape index (κ1) is 21.2. The molecule has 2 aromatic heterocycles. The van der Waals surface area contributed by atoms with Gasteiger partial charge in [0.05, 0.1) is 5.39 Å². The molecule has 30 heavy (non-hydrogen) atoms. The molecule has 0 radical (unpaired) electrons. The summed E-state index contributed by atoms with van der Waals surface area (Å²) in [6.07, 6.45) is 3.07. The normalized spacial score (nSPS) is 10.7. The Morgan fingerprint density at radius 1 is 1.13 bits per heavy atom. The molecule has 2 heterocycles. The van der Waals surface area contributed by atoms with Crippen LogP contribution in [0.5, 0.6) is 0 Å². The lowest BCUT2D eigenvalue weighted by atomic mass is 10.1. The molecule has 7 nitrogen and oxygen atoms in total. The summed E-state index contributed by atoms with van der Waals surface area (Å²) in [7, 11) is 0. The molecule has 0 aliphatic heterocycles. The highest BCUT2D eigenvalue weighted by molar-refractivity contribution is 5.94. The number of nitrogens with one attached hydrogen (secondary N) is 1. The molecular weight excluding hydrogens is 382 g/mol. The number of fused-ring (bicyclic) bond motifs is 1. The third kappa shape index (κ3) is 5.11. The molecule has 156 valence electrons. The molecule has 1 amide bonds. The van der Waals surface area contributed by atoms with E-state index in [0.717, 1.165) is 18.5 Å². The van der Waals surface area contributed by atoms with Crippen molar-refractivity contribution in [1.29, 1.82) is 0 Å². The van der Waals surface area contributed by atoms with Crippen LogP contribution in [0, 0.1) is 6.92 Å². The fourth-order valence-electron chi connectivity index (χ4n) is 3.17. The van der Waals surface area contributed by atoms with Crippen molar-refractivity contribution in [2.24, 2.45) is 0 Å². The number of hydrogen-bond acceptors (Lipinski definition) is 5. The van der Waals surface area contributed by atoms with Crippen LogP contribution in [0.25, 0.3) is 11.0 Å². The first-order chi connectivity index (χ1) is 14.5. The Hall–Kier alpha value is -3.48. The van der Waals surface area contributed by atoms with Crippen LogP contribution in [0.15, 0.2) is 53.5 Å². The van der Waals surface area contributed by atoms with E-state index in [1.165, 1.54) is 11.8 Å². The van der Waals surface area contributed by atoms with E-state index in [0.29, 0.717) is 24.1 Å². The predicted molar refractivity (Wildman–Crippen MR) is 114 cm³/mol. The quantitative estimate of drug-likeness (QED) is 0.458. The number of carbonyl (C=O) groups excluding carboxylic acids is 2. The fourth-order valence-corrected chi connectivity index (χ4v) is 3.17. The first-order valence-electron chi connectivity index (χ1n) is 9.98. The van der Waals surface area contributed by atoms with Crippen molar-refractivity contribution < 1.29 is 14.3 Å². The van der Waals surface area contributed by atoms with Crippen LogP contribution in [-0.4, -0.2) is 34.6 Å². The van der Waals surface area contributed by atoms with Crippen molar-refractivity contribution in [2.45, 2.75) is 33.2 Å². The first-order valence-corrected chi connectivity index (χ1v) is 9.98. The molecule has 0 aliphatic carbocycles. The number of carbonyl (C=O) groups is 2. The molecule has 0 saturated heterocycles. The molecule has 0 bridgehead atoms. The number of ether oxygens (including phenoxy) is 1. The number of pyridine rings is 2. The summed E-state index contributed by atoms with van der Waals surface area (Å²) in [4.78, 5) is 41.5. The van der Waals surface area contributed by atoms with Gasteiger partial charge in [0.1, 0.15) is 11.2 Å². The van der Waals surface area contributed by atoms with E-state index in [1.54, 1.807) is 16.7 Å². The minimum absolute atomic E-state index is 0.105. The number of rotatable bonds is 8. The monoisotopic (exact) mass is 407 g/mol. The van der Waals surface area contributed by atoms with Gasteiger partial charge in [-0.1, -0.05) is 30.3 Å². The lowest BCUT2D eigenvalue weighted by Gasteiger charge is -2.11. The van der Waals surface area contributed by atoms with Gasteiger partial charge in [-0.3, -0.25) is 9.59 Å². The Kier molecular flexibility index (Phi) is 6.95. The summed E-state index contributed by atoms with van der Waals surface area (Å²) in [5, 5.41) is 3.07. The zero-order valence-corrected chi connectivity index (χ0v) is 17.2. The molecule has 0 fully saturated rings. The molecule has 0 unspecified atom stereocenters. The standard InChI is InChI=1S/C23H25N3O4/c1-3-26-14-19(21(28)18-12-11-16(2)25-22(18)26)23(29)30-15-20(27)24-13-7-10-17-8-5-4-6-9-17/h4-6,8-9,11-12,14H,3,7,10,13,15H2,1-2H3,(H,24,27). The van der Waals surface area contributed by atoms with Gasteiger partial charge in [0.15, 0.2) is 6.61 Å². The van der Waals surface area contributed by atoms with Crippen LogP contribution < -0.4 is 10.7 Å². The van der Waals surface area contributed by atoms with E-state index in [4.69, 9.17) is 4.74 Å². The second-order valence-electron chi connectivity index (χ2n) is 7.00. The summed E-state index contributed by atoms with van der Waals surface area (Å²) in [6.45, 7) is 4.32. The average molecular weight is 407 g/mol. The molecule has 3 aromatic rings. The van der Waals surface area contributed by atoms with Gasteiger partial charge < -0.3 is 14.6 Å². The number of amides is 1. The van der Waals surface area contributed by atoms with Crippen LogP contribution >= 0.6 is 0 Å². The van der Waals surface area contributed by atoms with Crippen LogP contribution in [-0.2, 0) is 22.5 Å². The van der Waals surface area contributed by atoms with Gasteiger partial charge in [-0.25, -0.2) is 9.78 Å². The van der Waals surface area contributed by atoms with E-state index in [2.05, 4.69) is 10.3 Å². The lowest BCUT2D eigenvalue weighted by Crippen LogP contribution is -2.31. The summed E-state index contributed by atoms with van der Waals surface area (Å²) in [5.74, 6) is -1.21. The van der Waals surface area contributed by atoms with E-state index in [-0.39, 0.29) is 5.56 Å². The van der Waals surface area contributed by atoms with Crippen molar-refractivity contribution in [3.8, 4) is 0 Å². The highest BCUT2D eigenvalue weighted by Gasteiger charge is 2.18. The van der Waals surface area contributed by atoms with Crippen LogP contribution in [0.2, 0.25) is 0 Å². The van der Waals surface area contributed by atoms with Gasteiger partial charge in [0, 0.05) is 25.0 Å². The third-order valence-corrected chi connectivity index (χ3v) is 4.76. The molecule has 0 saturated carbocycles. The molecular formula is C23H25N3O4. The largest absolute Gasteiger partial charge is 0.452 e. The van der Waals surface area contributed by atoms with Crippen LogP contribution in [0.1, 0.15) is 35.0 Å². The fraction of sp³-hybridized carbons (Fsp3) is 0.304. The number of aromatic nitrogens is 2. The Balaban J connectivity index is 1.57. The zero-order valence-electron chi connectivity index (χ0n) is 17.2. The Labute approximate surface area is 174 Å². The van der Waals surface area contributed by atoms with Crippen molar-refractivity contribution in [2.75, 3.05) is 13.2 Å². The molecule has 0 spiro atoms. The summed E-state index contributed by atoms with van der Waals surface area (Å²) in [5.41, 5.74) is 1.95. The summed E-state index contributed by atoms with van der Waals surface area (Å²) in [6, 6.07) is 13.4. The smallest absolute Gasteiger partial charge is 0.344 e. The van der Waals surface area contributed by atoms with Gasteiger partial charge >= 0.3 is 5.97 Å². The molecule has 0 atom stereocenters. The maximum atomic E-state index is 12.7. The third-order valence-electron chi connectivity index (χ3n) is 4.76.